The van der Waals surface area contributed by atoms with Crippen LogP contribution >= 0.6 is 0 Å². The van der Waals surface area contributed by atoms with Crippen molar-refractivity contribution < 1.29 is 9.21 Å². The monoisotopic (exact) mass is 176 g/mol. The highest BCUT2D eigenvalue weighted by atomic mass is 16.3. The van der Waals surface area contributed by atoms with Crippen LogP contribution < -0.4 is 0 Å². The van der Waals surface area contributed by atoms with Gasteiger partial charge >= 0.3 is 0 Å². The molecule has 2 nitrogen and oxygen atoms in total. The second kappa shape index (κ2) is 3.21. The van der Waals surface area contributed by atoms with Crippen molar-refractivity contribution in [1.29, 1.82) is 0 Å². The van der Waals surface area contributed by atoms with Crippen LogP contribution in [0.25, 0.3) is 6.08 Å². The van der Waals surface area contributed by atoms with E-state index in [0.717, 1.165) is 23.7 Å². The molecule has 0 spiro atoms. The van der Waals surface area contributed by atoms with E-state index in [9.17, 15) is 4.79 Å². The Balaban J connectivity index is 2.09. The molecule has 0 amide bonds. The van der Waals surface area contributed by atoms with Gasteiger partial charge in [-0.05, 0) is 36.6 Å². The molecule has 68 valence electrons. The average molecular weight is 176 g/mol. The lowest BCUT2D eigenvalue weighted by Gasteiger charge is -1.89. The molecule has 2 atom stereocenters. The summed E-state index contributed by atoms with van der Waals surface area (Å²) < 4.78 is 5.53. The fourth-order valence-corrected chi connectivity index (χ4v) is 1.51. The third kappa shape index (κ3) is 1.72. The number of carbonyl (C=O) groups is 1. The van der Waals surface area contributed by atoms with Crippen LogP contribution in [0.1, 0.15) is 30.8 Å². The maximum atomic E-state index is 10.1. The smallest absolute Gasteiger partial charge is 0.142 e. The molecular weight excluding hydrogens is 164 g/mol. The predicted octanol–water partition coefficient (Wildman–Crippen LogP) is 2.62. The van der Waals surface area contributed by atoms with Crippen LogP contribution in [0.4, 0.5) is 0 Å². The van der Waals surface area contributed by atoms with E-state index in [4.69, 9.17) is 4.42 Å². The Bertz CT molecular complexity index is 336. The summed E-state index contributed by atoms with van der Waals surface area (Å²) in [6, 6.07) is 3.90. The second-order valence-electron chi connectivity index (χ2n) is 3.55. The Labute approximate surface area is 77.2 Å². The zero-order valence-electron chi connectivity index (χ0n) is 7.57. The van der Waals surface area contributed by atoms with E-state index < -0.39 is 0 Å². The molecule has 1 aliphatic carbocycles. The van der Waals surface area contributed by atoms with Gasteiger partial charge in [0, 0.05) is 5.92 Å². The number of aldehydes is 1. The summed E-state index contributed by atoms with van der Waals surface area (Å²) in [6.45, 7) is 2.22. The Hall–Kier alpha value is -1.31. The molecule has 2 rings (SSSR count). The van der Waals surface area contributed by atoms with Gasteiger partial charge in [0.25, 0.3) is 0 Å². The van der Waals surface area contributed by atoms with Crippen LogP contribution in [0, 0.1) is 5.92 Å². The van der Waals surface area contributed by atoms with Crippen molar-refractivity contribution in [3.8, 4) is 0 Å². The molecule has 0 aromatic carbocycles. The highest BCUT2D eigenvalue weighted by Gasteiger charge is 2.36. The number of hydrogen-bond donors (Lipinski definition) is 0. The van der Waals surface area contributed by atoms with Crippen LogP contribution in [0.3, 0.4) is 0 Å². The zero-order chi connectivity index (χ0) is 9.26. The number of furan rings is 1. The van der Waals surface area contributed by atoms with Gasteiger partial charge in [0.1, 0.15) is 17.8 Å². The van der Waals surface area contributed by atoms with Crippen LogP contribution in [0.5, 0.6) is 0 Å². The van der Waals surface area contributed by atoms with Crippen molar-refractivity contribution in [3.05, 3.63) is 29.7 Å². The number of hydrogen-bond acceptors (Lipinski definition) is 2. The largest absolute Gasteiger partial charge is 0.461 e. The summed E-state index contributed by atoms with van der Waals surface area (Å²) in [5.74, 6) is 3.19. The molecule has 1 aliphatic rings. The zero-order valence-corrected chi connectivity index (χ0v) is 7.57. The van der Waals surface area contributed by atoms with E-state index in [0.29, 0.717) is 5.92 Å². The molecule has 1 aromatic rings. The van der Waals surface area contributed by atoms with Crippen molar-refractivity contribution in [2.24, 2.45) is 5.92 Å². The number of carbonyl (C=O) groups excluding carboxylic acids is 1. The van der Waals surface area contributed by atoms with Gasteiger partial charge < -0.3 is 4.42 Å². The van der Waals surface area contributed by atoms with E-state index in [-0.39, 0.29) is 0 Å². The lowest BCUT2D eigenvalue weighted by atomic mass is 10.3. The minimum absolute atomic E-state index is 0.610. The lowest BCUT2D eigenvalue weighted by molar-refractivity contribution is -0.104. The fraction of sp³-hybridized carbons (Fsp3) is 0.364. The van der Waals surface area contributed by atoms with Crippen LogP contribution in [-0.4, -0.2) is 6.29 Å². The van der Waals surface area contributed by atoms with Crippen molar-refractivity contribution in [1.82, 2.24) is 0 Å². The summed E-state index contributed by atoms with van der Waals surface area (Å²) in [6.07, 6.45) is 5.11. The molecule has 1 heterocycles. The molecule has 1 saturated carbocycles. The molecule has 0 N–H and O–H groups in total. The van der Waals surface area contributed by atoms with Gasteiger partial charge in [-0.25, -0.2) is 0 Å². The summed E-state index contributed by atoms with van der Waals surface area (Å²) >= 11 is 0. The normalized spacial score (nSPS) is 26.5. The highest BCUT2D eigenvalue weighted by molar-refractivity contribution is 5.72. The van der Waals surface area contributed by atoms with Gasteiger partial charge in [0.2, 0.25) is 0 Å². The van der Waals surface area contributed by atoms with Gasteiger partial charge in [0.15, 0.2) is 0 Å². The van der Waals surface area contributed by atoms with E-state index >= 15 is 0 Å². The maximum Gasteiger partial charge on any atom is 0.142 e. The Morgan fingerprint density at radius 1 is 1.54 bits per heavy atom. The quantitative estimate of drug-likeness (QED) is 0.523. The van der Waals surface area contributed by atoms with E-state index in [1.807, 2.05) is 12.1 Å². The van der Waals surface area contributed by atoms with Crippen molar-refractivity contribution >= 4 is 12.4 Å². The van der Waals surface area contributed by atoms with E-state index in [1.54, 1.807) is 6.08 Å². The lowest BCUT2D eigenvalue weighted by Crippen LogP contribution is -1.73. The van der Waals surface area contributed by atoms with Gasteiger partial charge in [-0.1, -0.05) is 6.92 Å². The third-order valence-corrected chi connectivity index (χ3v) is 2.46. The van der Waals surface area contributed by atoms with Crippen LogP contribution in [0.15, 0.2) is 22.6 Å². The fourth-order valence-electron chi connectivity index (χ4n) is 1.51. The first-order chi connectivity index (χ1) is 6.31. The topological polar surface area (TPSA) is 30.2 Å². The summed E-state index contributed by atoms with van der Waals surface area (Å²) in [4.78, 5) is 10.1. The summed E-state index contributed by atoms with van der Waals surface area (Å²) in [7, 11) is 0. The molecule has 1 aromatic heterocycles. The highest BCUT2D eigenvalue weighted by Crippen LogP contribution is 2.47. The molecule has 0 saturated heterocycles. The first kappa shape index (κ1) is 8.30. The standard InChI is InChI=1S/C11H12O2/c1-8-7-10(8)11-5-4-9(13-11)3-2-6-12/h2-6,8,10H,7H2,1H3. The SMILES string of the molecule is CC1CC1c1ccc(C=CC=O)o1. The average Bonchev–Trinajstić information content (AvgIpc) is 2.67. The Kier molecular flexibility index (Phi) is 2.05. The Morgan fingerprint density at radius 2 is 2.31 bits per heavy atom. The van der Waals surface area contributed by atoms with Crippen molar-refractivity contribution in [3.63, 3.8) is 0 Å². The second-order valence-corrected chi connectivity index (χ2v) is 3.55. The number of rotatable bonds is 3. The van der Waals surface area contributed by atoms with Gasteiger partial charge in [-0.2, -0.15) is 0 Å². The summed E-state index contributed by atoms with van der Waals surface area (Å²) in [5.41, 5.74) is 0. The van der Waals surface area contributed by atoms with E-state index in [2.05, 4.69) is 6.92 Å². The molecule has 0 aliphatic heterocycles. The van der Waals surface area contributed by atoms with Crippen molar-refractivity contribution in [2.75, 3.05) is 0 Å². The molecule has 1 fully saturated rings. The molecule has 2 unspecified atom stereocenters. The van der Waals surface area contributed by atoms with Gasteiger partial charge in [-0.3, -0.25) is 4.79 Å². The first-order valence-corrected chi connectivity index (χ1v) is 4.53. The Morgan fingerprint density at radius 3 is 2.92 bits per heavy atom. The minimum atomic E-state index is 0.610. The third-order valence-electron chi connectivity index (χ3n) is 2.46. The van der Waals surface area contributed by atoms with Crippen LogP contribution in [-0.2, 0) is 4.79 Å². The molecule has 13 heavy (non-hydrogen) atoms. The van der Waals surface area contributed by atoms with E-state index in [1.165, 1.54) is 12.5 Å². The molecular formula is C11H12O2. The van der Waals surface area contributed by atoms with Crippen LogP contribution in [0.2, 0.25) is 0 Å². The first-order valence-electron chi connectivity index (χ1n) is 4.53. The molecule has 0 bridgehead atoms. The molecule has 0 radical (unpaired) electrons. The molecule has 2 heteroatoms. The van der Waals surface area contributed by atoms with Crippen molar-refractivity contribution in [2.45, 2.75) is 19.3 Å². The van der Waals surface area contributed by atoms with Gasteiger partial charge in [-0.15, -0.1) is 0 Å². The van der Waals surface area contributed by atoms with Gasteiger partial charge in [0.05, 0.1) is 0 Å². The minimum Gasteiger partial charge on any atom is -0.461 e. The summed E-state index contributed by atoms with van der Waals surface area (Å²) in [5, 5.41) is 0. The predicted molar refractivity (Wildman–Crippen MR) is 50.3 cm³/mol. The maximum absolute atomic E-state index is 10.1. The number of allylic oxidation sites excluding steroid dienone is 1.